The maximum Gasteiger partial charge on any atom is 0.416 e. The fraction of sp³-hybridized carbons (Fsp3) is 0.250. The Labute approximate surface area is 158 Å². The van der Waals surface area contributed by atoms with Crippen molar-refractivity contribution >= 4 is 41.2 Å². The van der Waals surface area contributed by atoms with Crippen LogP contribution in [0.15, 0.2) is 35.7 Å². The third-order valence-corrected chi connectivity index (χ3v) is 4.09. The predicted octanol–water partition coefficient (Wildman–Crippen LogP) is 3.41. The van der Waals surface area contributed by atoms with Gasteiger partial charge in [0.2, 0.25) is 5.91 Å². The van der Waals surface area contributed by atoms with Gasteiger partial charge in [-0.25, -0.2) is 0 Å². The van der Waals surface area contributed by atoms with Crippen molar-refractivity contribution in [1.82, 2.24) is 5.32 Å². The highest BCUT2D eigenvalue weighted by Gasteiger charge is 2.31. The summed E-state index contributed by atoms with van der Waals surface area (Å²) in [6.45, 7) is -0.00502. The Bertz CT molecular complexity index is 752. The summed E-state index contributed by atoms with van der Waals surface area (Å²) in [5.74, 6) is -0.805. The topological polar surface area (TPSA) is 84.2 Å². The predicted molar refractivity (Wildman–Crippen MR) is 96.5 cm³/mol. The molecule has 0 bridgehead atoms. The van der Waals surface area contributed by atoms with Crippen molar-refractivity contribution in [2.75, 3.05) is 11.9 Å². The first kappa shape index (κ1) is 21.9. The highest BCUT2D eigenvalue weighted by molar-refractivity contribution is 7.12. The van der Waals surface area contributed by atoms with Gasteiger partial charge < -0.3 is 16.4 Å². The molecular formula is C16H17ClF3N3O2S. The molecule has 2 amide bonds. The first-order valence-electron chi connectivity index (χ1n) is 7.32. The number of hydrogen-bond acceptors (Lipinski definition) is 4. The van der Waals surface area contributed by atoms with Crippen molar-refractivity contribution in [3.63, 3.8) is 0 Å². The Morgan fingerprint density at radius 1 is 1.19 bits per heavy atom. The molecule has 2 rings (SSSR count). The SMILES string of the molecule is Cl.NCc1cc(NC(=O)CCNC(=O)c2cccs2)cc(C(F)(F)F)c1. The van der Waals surface area contributed by atoms with Crippen LogP contribution in [0.5, 0.6) is 0 Å². The Balaban J connectivity index is 0.00000338. The molecule has 0 atom stereocenters. The number of nitrogens with two attached hydrogens (primary N) is 1. The molecule has 1 aromatic heterocycles. The van der Waals surface area contributed by atoms with Crippen LogP contribution < -0.4 is 16.4 Å². The summed E-state index contributed by atoms with van der Waals surface area (Å²) in [5.41, 5.74) is 4.80. The zero-order chi connectivity index (χ0) is 18.4. The minimum atomic E-state index is -4.53. The maximum atomic E-state index is 12.8. The lowest BCUT2D eigenvalue weighted by Gasteiger charge is -2.12. The number of amides is 2. The average Bonchev–Trinajstić information content (AvgIpc) is 3.08. The summed E-state index contributed by atoms with van der Waals surface area (Å²) in [6, 6.07) is 6.56. The number of thiophene rings is 1. The van der Waals surface area contributed by atoms with Gasteiger partial charge in [0.1, 0.15) is 0 Å². The van der Waals surface area contributed by atoms with Crippen molar-refractivity contribution in [2.45, 2.75) is 19.1 Å². The first-order valence-corrected chi connectivity index (χ1v) is 8.20. The number of alkyl halides is 3. The molecule has 0 fully saturated rings. The molecule has 0 aliphatic rings. The van der Waals surface area contributed by atoms with Crippen molar-refractivity contribution in [2.24, 2.45) is 5.73 Å². The van der Waals surface area contributed by atoms with E-state index in [1.54, 1.807) is 17.5 Å². The van der Waals surface area contributed by atoms with E-state index in [2.05, 4.69) is 10.6 Å². The van der Waals surface area contributed by atoms with E-state index in [4.69, 9.17) is 5.73 Å². The van der Waals surface area contributed by atoms with Crippen molar-refractivity contribution in [3.8, 4) is 0 Å². The molecule has 26 heavy (non-hydrogen) atoms. The first-order chi connectivity index (χ1) is 11.8. The summed E-state index contributed by atoms with van der Waals surface area (Å²) in [4.78, 5) is 24.1. The van der Waals surface area contributed by atoms with Gasteiger partial charge >= 0.3 is 6.18 Å². The molecule has 142 valence electrons. The standard InChI is InChI=1S/C16H16F3N3O2S.ClH/c17-16(18,19)11-6-10(9-20)7-12(8-11)22-14(23)3-4-21-15(24)13-2-1-5-25-13;/h1-2,5-8H,3-4,9,20H2,(H,21,24)(H,22,23);1H. The molecule has 4 N–H and O–H groups in total. The van der Waals surface area contributed by atoms with E-state index in [1.807, 2.05) is 0 Å². The third-order valence-electron chi connectivity index (χ3n) is 3.22. The van der Waals surface area contributed by atoms with Crippen LogP contribution in [0.25, 0.3) is 0 Å². The molecular weight excluding hydrogens is 391 g/mol. The second kappa shape index (κ2) is 9.56. The summed E-state index contributed by atoms with van der Waals surface area (Å²) >= 11 is 1.27. The second-order valence-corrected chi connectivity index (χ2v) is 6.10. The average molecular weight is 408 g/mol. The van der Waals surface area contributed by atoms with E-state index in [1.165, 1.54) is 17.4 Å². The lowest BCUT2D eigenvalue weighted by molar-refractivity contribution is -0.137. The molecule has 0 saturated carbocycles. The van der Waals surface area contributed by atoms with Crippen LogP contribution in [0.2, 0.25) is 0 Å². The smallest absolute Gasteiger partial charge is 0.351 e. The molecule has 1 aromatic carbocycles. The minimum absolute atomic E-state index is 0. The van der Waals surface area contributed by atoms with Gasteiger partial charge in [0.05, 0.1) is 10.4 Å². The number of rotatable bonds is 6. The van der Waals surface area contributed by atoms with Crippen LogP contribution in [0.1, 0.15) is 27.2 Å². The minimum Gasteiger partial charge on any atom is -0.351 e. The van der Waals surface area contributed by atoms with Gasteiger partial charge in [0, 0.05) is 25.2 Å². The number of halogens is 4. The zero-order valence-corrected chi connectivity index (χ0v) is 15.1. The molecule has 0 unspecified atom stereocenters. The third kappa shape index (κ3) is 6.32. The Hall–Kier alpha value is -2.10. The monoisotopic (exact) mass is 407 g/mol. The number of nitrogens with one attached hydrogen (secondary N) is 2. The number of benzene rings is 1. The van der Waals surface area contributed by atoms with Crippen molar-refractivity contribution < 1.29 is 22.8 Å². The summed E-state index contributed by atoms with van der Waals surface area (Å²) in [6.07, 6.45) is -4.59. The largest absolute Gasteiger partial charge is 0.416 e. The van der Waals surface area contributed by atoms with E-state index in [0.717, 1.165) is 12.1 Å². The van der Waals surface area contributed by atoms with Gasteiger partial charge in [0.15, 0.2) is 0 Å². The lowest BCUT2D eigenvalue weighted by Crippen LogP contribution is -2.27. The van der Waals surface area contributed by atoms with Crippen LogP contribution in [0, 0.1) is 0 Å². The molecule has 0 spiro atoms. The fourth-order valence-corrected chi connectivity index (χ4v) is 2.69. The fourth-order valence-electron chi connectivity index (χ4n) is 2.05. The van der Waals surface area contributed by atoms with Gasteiger partial charge in [-0.2, -0.15) is 13.2 Å². The molecule has 5 nitrogen and oxygen atoms in total. The van der Waals surface area contributed by atoms with Crippen molar-refractivity contribution in [1.29, 1.82) is 0 Å². The summed E-state index contributed by atoms with van der Waals surface area (Å²) in [5, 5.41) is 6.72. The number of carbonyl (C=O) groups is 2. The van der Waals surface area contributed by atoms with Crippen LogP contribution in [0.4, 0.5) is 18.9 Å². The van der Waals surface area contributed by atoms with Crippen LogP contribution in [0.3, 0.4) is 0 Å². The molecule has 1 heterocycles. The molecule has 2 aromatic rings. The summed E-state index contributed by atoms with van der Waals surface area (Å²) < 4.78 is 38.5. The normalized spacial score (nSPS) is 10.8. The van der Waals surface area contributed by atoms with Crippen LogP contribution >= 0.6 is 23.7 Å². The Morgan fingerprint density at radius 3 is 2.50 bits per heavy atom. The highest BCUT2D eigenvalue weighted by Crippen LogP contribution is 2.32. The van der Waals surface area contributed by atoms with Crippen LogP contribution in [-0.2, 0) is 17.5 Å². The summed E-state index contributed by atoms with van der Waals surface area (Å²) in [7, 11) is 0. The molecule has 10 heteroatoms. The van der Waals surface area contributed by atoms with E-state index in [9.17, 15) is 22.8 Å². The molecule has 0 aliphatic heterocycles. The molecule has 0 aliphatic carbocycles. The Morgan fingerprint density at radius 2 is 1.92 bits per heavy atom. The quantitative estimate of drug-likeness (QED) is 0.686. The van der Waals surface area contributed by atoms with Gasteiger partial charge in [-0.1, -0.05) is 6.07 Å². The maximum absolute atomic E-state index is 12.8. The lowest BCUT2D eigenvalue weighted by atomic mass is 10.1. The van der Waals surface area contributed by atoms with Crippen LogP contribution in [-0.4, -0.2) is 18.4 Å². The van der Waals surface area contributed by atoms with Gasteiger partial charge in [0.25, 0.3) is 5.91 Å². The second-order valence-electron chi connectivity index (χ2n) is 5.15. The molecule has 0 radical (unpaired) electrons. The van der Waals surface area contributed by atoms with Gasteiger partial charge in [-0.3, -0.25) is 9.59 Å². The van der Waals surface area contributed by atoms with Crippen molar-refractivity contribution in [3.05, 3.63) is 51.7 Å². The zero-order valence-electron chi connectivity index (χ0n) is 13.4. The van der Waals surface area contributed by atoms with E-state index < -0.39 is 17.6 Å². The molecule has 0 saturated heterocycles. The number of anilines is 1. The Kier molecular flexibility index (Phi) is 8.07. The van der Waals surface area contributed by atoms with E-state index in [-0.39, 0.29) is 49.1 Å². The van der Waals surface area contributed by atoms with Gasteiger partial charge in [-0.15, -0.1) is 23.7 Å². The number of hydrogen-bond donors (Lipinski definition) is 3. The van der Waals surface area contributed by atoms with E-state index >= 15 is 0 Å². The van der Waals surface area contributed by atoms with E-state index in [0.29, 0.717) is 4.88 Å². The number of carbonyl (C=O) groups excluding carboxylic acids is 2. The highest BCUT2D eigenvalue weighted by atomic mass is 35.5. The van der Waals surface area contributed by atoms with Gasteiger partial charge in [-0.05, 0) is 35.2 Å².